The summed E-state index contributed by atoms with van der Waals surface area (Å²) >= 11 is 0. The zero-order valence-corrected chi connectivity index (χ0v) is 25.3. The van der Waals surface area contributed by atoms with Gasteiger partial charge in [-0.25, -0.2) is 4.99 Å². The minimum atomic E-state index is -0.136. The van der Waals surface area contributed by atoms with Crippen molar-refractivity contribution in [3.8, 4) is 11.5 Å². The molecule has 4 aliphatic rings. The first-order valence-electron chi connectivity index (χ1n) is 15.3. The molecule has 7 rings (SSSR count). The van der Waals surface area contributed by atoms with E-state index in [0.717, 1.165) is 60.6 Å². The minimum absolute atomic E-state index is 0.0641. The van der Waals surface area contributed by atoms with Crippen molar-refractivity contribution >= 4 is 29.0 Å². The van der Waals surface area contributed by atoms with E-state index in [1.165, 1.54) is 5.56 Å². The number of piperidine rings is 2. The Hall–Kier alpha value is -4.50. The van der Waals surface area contributed by atoms with Crippen molar-refractivity contribution in [1.82, 2.24) is 10.2 Å². The lowest BCUT2D eigenvalue weighted by Crippen LogP contribution is -2.44. The molecule has 0 spiro atoms. The number of hydrogen-bond donors (Lipinski definition) is 1. The number of nitrogens with zero attached hydrogens (tertiary/aromatic N) is 3. The SMILES string of the molecule is COc1ccc(C(=O)N2CCC(C3=c4ccccc4=NC3=O)CC2)c(OC)c1.O=C1Cc2ccccc2N1C1CCNCC1. The molecule has 0 unspecified atom stereocenters. The predicted molar refractivity (Wildman–Crippen MR) is 167 cm³/mol. The van der Waals surface area contributed by atoms with Gasteiger partial charge in [0, 0.05) is 41.7 Å². The number of anilines is 1. The van der Waals surface area contributed by atoms with Crippen LogP contribution in [0.5, 0.6) is 11.5 Å². The van der Waals surface area contributed by atoms with E-state index in [9.17, 15) is 14.4 Å². The molecule has 3 aromatic carbocycles. The second-order valence-electron chi connectivity index (χ2n) is 11.5. The summed E-state index contributed by atoms with van der Waals surface area (Å²) in [6.45, 7) is 3.24. The Kier molecular flexibility index (Phi) is 8.74. The number of ether oxygens (including phenoxy) is 2. The first-order chi connectivity index (χ1) is 21.5. The second-order valence-corrected chi connectivity index (χ2v) is 11.5. The largest absolute Gasteiger partial charge is 0.497 e. The Morgan fingerprint density at radius 1 is 0.886 bits per heavy atom. The van der Waals surface area contributed by atoms with Gasteiger partial charge < -0.3 is 24.6 Å². The number of nitrogens with one attached hydrogen (secondary N) is 1. The van der Waals surface area contributed by atoms with Gasteiger partial charge in [-0.15, -0.1) is 0 Å². The third-order valence-corrected chi connectivity index (χ3v) is 9.01. The Morgan fingerprint density at radius 2 is 1.61 bits per heavy atom. The summed E-state index contributed by atoms with van der Waals surface area (Å²) in [7, 11) is 3.12. The van der Waals surface area contributed by atoms with Crippen LogP contribution < -0.4 is 30.3 Å². The van der Waals surface area contributed by atoms with Crippen LogP contribution in [0.1, 0.15) is 41.6 Å². The zero-order chi connectivity index (χ0) is 30.6. The van der Waals surface area contributed by atoms with Crippen LogP contribution in [-0.4, -0.2) is 69.1 Å². The molecule has 2 saturated heterocycles. The monoisotopic (exact) mass is 594 g/mol. The Balaban J connectivity index is 0.000000181. The number of para-hydroxylation sites is 2. The summed E-state index contributed by atoms with van der Waals surface area (Å²) in [6.07, 6.45) is 4.21. The van der Waals surface area contributed by atoms with E-state index < -0.39 is 0 Å². The zero-order valence-electron chi connectivity index (χ0n) is 25.3. The summed E-state index contributed by atoms with van der Waals surface area (Å²) in [5.74, 6) is 1.34. The highest BCUT2D eigenvalue weighted by Crippen LogP contribution is 2.33. The molecule has 0 radical (unpaired) electrons. The number of carbonyl (C=O) groups is 3. The topological polar surface area (TPSA) is 101 Å². The molecule has 0 aromatic heterocycles. The maximum absolute atomic E-state index is 13.0. The van der Waals surface area contributed by atoms with Crippen LogP contribution in [0.2, 0.25) is 0 Å². The van der Waals surface area contributed by atoms with E-state index in [-0.39, 0.29) is 23.6 Å². The van der Waals surface area contributed by atoms with Gasteiger partial charge in [-0.2, -0.15) is 0 Å². The third kappa shape index (κ3) is 5.84. The predicted octanol–water partition coefficient (Wildman–Crippen LogP) is 2.89. The van der Waals surface area contributed by atoms with Gasteiger partial charge in [0.1, 0.15) is 11.5 Å². The molecule has 2 fully saturated rings. The molecule has 1 N–H and O–H groups in total. The van der Waals surface area contributed by atoms with Crippen molar-refractivity contribution in [2.45, 2.75) is 38.1 Å². The number of fused-ring (bicyclic) bond motifs is 2. The summed E-state index contributed by atoms with van der Waals surface area (Å²) in [5, 5.41) is 5.03. The van der Waals surface area contributed by atoms with Gasteiger partial charge in [-0.3, -0.25) is 14.4 Å². The van der Waals surface area contributed by atoms with Crippen LogP contribution in [0.4, 0.5) is 5.69 Å². The smallest absolute Gasteiger partial charge is 0.274 e. The van der Waals surface area contributed by atoms with Gasteiger partial charge in [-0.1, -0.05) is 36.4 Å². The first-order valence-corrected chi connectivity index (χ1v) is 15.3. The minimum Gasteiger partial charge on any atom is -0.497 e. The highest BCUT2D eigenvalue weighted by molar-refractivity contribution is 6.16. The molecular weight excluding hydrogens is 556 g/mol. The second kappa shape index (κ2) is 13.0. The molecule has 228 valence electrons. The average Bonchev–Trinajstić information content (AvgIpc) is 3.59. The van der Waals surface area contributed by atoms with Crippen LogP contribution in [0.15, 0.2) is 71.7 Å². The van der Waals surface area contributed by atoms with E-state index >= 15 is 0 Å². The highest BCUT2D eigenvalue weighted by atomic mass is 16.5. The standard InChI is InChI=1S/C22H22N2O4.C13H16N2O/c1-27-15-7-8-17(19(13-15)28-2)22(26)24-11-9-14(10-12-24)20-16-5-3-4-6-18(16)23-21(20)25;16-13-9-10-3-1-2-4-12(10)15(13)11-5-7-14-8-6-11/h3-8,13-14H,9-12H2,1-2H3;1-4,11,14H,5-9H2. The van der Waals surface area contributed by atoms with E-state index in [2.05, 4.69) is 22.4 Å². The van der Waals surface area contributed by atoms with E-state index in [1.807, 2.05) is 46.2 Å². The third-order valence-electron chi connectivity index (χ3n) is 9.01. The molecule has 9 heteroatoms. The fraction of sp³-hybridized carbons (Fsp3) is 0.371. The number of rotatable bonds is 5. The molecule has 4 aliphatic heterocycles. The molecule has 9 nitrogen and oxygen atoms in total. The van der Waals surface area contributed by atoms with Crippen molar-refractivity contribution < 1.29 is 23.9 Å². The number of likely N-dealkylation sites (tertiary alicyclic amines) is 1. The van der Waals surface area contributed by atoms with Gasteiger partial charge in [0.25, 0.3) is 11.8 Å². The lowest BCUT2D eigenvalue weighted by atomic mass is 9.87. The summed E-state index contributed by atoms with van der Waals surface area (Å²) < 4.78 is 10.6. The molecule has 0 bridgehead atoms. The molecule has 0 saturated carbocycles. The van der Waals surface area contributed by atoms with E-state index in [1.54, 1.807) is 32.4 Å². The fourth-order valence-corrected chi connectivity index (χ4v) is 6.74. The van der Waals surface area contributed by atoms with Crippen LogP contribution in [0.25, 0.3) is 5.57 Å². The van der Waals surface area contributed by atoms with Crippen molar-refractivity contribution in [2.24, 2.45) is 10.9 Å². The molecule has 0 atom stereocenters. The quantitative estimate of drug-likeness (QED) is 0.488. The van der Waals surface area contributed by atoms with Gasteiger partial charge >= 0.3 is 0 Å². The van der Waals surface area contributed by atoms with Gasteiger partial charge in [0.05, 0.1) is 31.6 Å². The summed E-state index contributed by atoms with van der Waals surface area (Å²) in [4.78, 5) is 45.4. The number of benzene rings is 3. The fourth-order valence-electron chi connectivity index (χ4n) is 6.74. The van der Waals surface area contributed by atoms with Crippen LogP contribution in [0, 0.1) is 5.92 Å². The number of hydrogen-bond acceptors (Lipinski definition) is 6. The molecule has 3 amide bonds. The summed E-state index contributed by atoms with van der Waals surface area (Å²) in [6, 6.07) is 21.4. The van der Waals surface area contributed by atoms with E-state index in [4.69, 9.17) is 9.47 Å². The van der Waals surface area contributed by atoms with Crippen LogP contribution >= 0.6 is 0 Å². The van der Waals surface area contributed by atoms with Crippen molar-refractivity contribution in [3.05, 3.63) is 88.4 Å². The molecule has 44 heavy (non-hydrogen) atoms. The van der Waals surface area contributed by atoms with Gasteiger partial charge in [0.2, 0.25) is 5.91 Å². The van der Waals surface area contributed by atoms with Crippen molar-refractivity contribution in [1.29, 1.82) is 0 Å². The first kappa shape index (κ1) is 29.6. The Labute approximate surface area is 257 Å². The van der Waals surface area contributed by atoms with Crippen molar-refractivity contribution in [2.75, 3.05) is 45.3 Å². The summed E-state index contributed by atoms with van der Waals surface area (Å²) in [5.41, 5.74) is 3.64. The molecule has 3 aromatic rings. The highest BCUT2D eigenvalue weighted by Gasteiger charge is 2.33. The number of amides is 3. The lowest BCUT2D eigenvalue weighted by Gasteiger charge is -2.32. The number of methoxy groups -OCH3 is 2. The molecular formula is C35H38N4O5. The Morgan fingerprint density at radius 3 is 2.36 bits per heavy atom. The molecule has 0 aliphatic carbocycles. The van der Waals surface area contributed by atoms with Crippen LogP contribution in [0.3, 0.4) is 0 Å². The maximum Gasteiger partial charge on any atom is 0.274 e. The van der Waals surface area contributed by atoms with Crippen molar-refractivity contribution in [3.63, 3.8) is 0 Å². The van der Waals surface area contributed by atoms with Gasteiger partial charge in [0.15, 0.2) is 0 Å². The van der Waals surface area contributed by atoms with Gasteiger partial charge in [-0.05, 0) is 74.5 Å². The average molecular weight is 595 g/mol. The Bertz CT molecular complexity index is 1690. The molecule has 4 heterocycles. The normalized spacial score (nSPS) is 18.3. The maximum atomic E-state index is 13.0. The lowest BCUT2D eigenvalue weighted by molar-refractivity contribution is -0.118. The van der Waals surface area contributed by atoms with Crippen LogP contribution in [-0.2, 0) is 16.0 Å². The number of carbonyl (C=O) groups excluding carboxylic acids is 3. The van der Waals surface area contributed by atoms with E-state index in [0.29, 0.717) is 42.6 Å².